The van der Waals surface area contributed by atoms with Crippen molar-refractivity contribution in [3.8, 4) is 5.75 Å². The van der Waals surface area contributed by atoms with Crippen LogP contribution in [0.15, 0.2) is 48.5 Å². The van der Waals surface area contributed by atoms with Crippen LogP contribution in [0.3, 0.4) is 0 Å². The minimum atomic E-state index is -0.939. The molecule has 35 heavy (non-hydrogen) atoms. The van der Waals surface area contributed by atoms with E-state index in [1.807, 2.05) is 20.8 Å². The second-order valence-corrected chi connectivity index (χ2v) is 8.42. The zero-order valence-electron chi connectivity index (χ0n) is 20.3. The number of esters is 1. The lowest BCUT2D eigenvalue weighted by Crippen LogP contribution is -2.45. The fourth-order valence-electron chi connectivity index (χ4n) is 2.82. The summed E-state index contributed by atoms with van der Waals surface area (Å²) in [5.74, 6) is -0.980. The summed E-state index contributed by atoms with van der Waals surface area (Å²) < 4.78 is 15.9. The van der Waals surface area contributed by atoms with Gasteiger partial charge in [0.25, 0.3) is 5.91 Å². The highest BCUT2D eigenvalue weighted by Gasteiger charge is 2.25. The molecule has 0 fully saturated rings. The first kappa shape index (κ1) is 29.6. The van der Waals surface area contributed by atoms with E-state index in [-0.39, 0.29) is 43.8 Å². The van der Waals surface area contributed by atoms with Crippen molar-refractivity contribution in [1.29, 1.82) is 5.41 Å². The predicted molar refractivity (Wildman–Crippen MR) is 135 cm³/mol. The van der Waals surface area contributed by atoms with Gasteiger partial charge in [0.15, 0.2) is 12.4 Å². The maximum atomic E-state index is 13.2. The van der Waals surface area contributed by atoms with Gasteiger partial charge in [-0.25, -0.2) is 4.79 Å². The first-order valence-electron chi connectivity index (χ1n) is 10.8. The van der Waals surface area contributed by atoms with Gasteiger partial charge in [-0.05, 0) is 64.1 Å². The Kier molecular flexibility index (Phi) is 11.4. The number of carbonyl (C=O) groups excluding carboxylic acids is 3. The molecule has 0 spiro atoms. The lowest BCUT2D eigenvalue weighted by molar-refractivity contribution is -0.145. The zero-order valence-corrected chi connectivity index (χ0v) is 21.1. The first-order chi connectivity index (χ1) is 16.0. The summed E-state index contributed by atoms with van der Waals surface area (Å²) in [7, 11) is 0. The highest BCUT2D eigenvalue weighted by atomic mass is 35.5. The number of ketones is 1. The molecular formula is C25H32ClN3O6. The van der Waals surface area contributed by atoms with Gasteiger partial charge >= 0.3 is 5.97 Å². The Hall–Kier alpha value is -3.43. The number of carbonyl (C=O) groups is 3. The molecule has 0 bridgehead atoms. The summed E-state index contributed by atoms with van der Waals surface area (Å²) in [6.07, 6.45) is 0. The number of hydrogen-bond acceptors (Lipinski definition) is 7. The van der Waals surface area contributed by atoms with Crippen LogP contribution in [0.5, 0.6) is 5.75 Å². The lowest BCUT2D eigenvalue weighted by Gasteiger charge is -2.24. The largest absolute Gasteiger partial charge is 0.482 e. The second-order valence-electron chi connectivity index (χ2n) is 8.42. The van der Waals surface area contributed by atoms with Crippen LogP contribution in [-0.2, 0) is 14.3 Å². The summed E-state index contributed by atoms with van der Waals surface area (Å²) in [5, 5.41) is 10.2. The molecule has 0 saturated carbocycles. The van der Waals surface area contributed by atoms with Crippen LogP contribution in [0.2, 0.25) is 0 Å². The predicted octanol–water partition coefficient (Wildman–Crippen LogP) is 3.13. The van der Waals surface area contributed by atoms with Gasteiger partial charge in [0.05, 0.1) is 18.8 Å². The van der Waals surface area contributed by atoms with Gasteiger partial charge in [0, 0.05) is 16.7 Å². The van der Waals surface area contributed by atoms with E-state index in [2.05, 4.69) is 5.32 Å². The van der Waals surface area contributed by atoms with Crippen molar-refractivity contribution in [3.63, 3.8) is 0 Å². The van der Waals surface area contributed by atoms with E-state index in [1.54, 1.807) is 43.3 Å². The molecular weight excluding hydrogens is 474 g/mol. The monoisotopic (exact) mass is 505 g/mol. The van der Waals surface area contributed by atoms with E-state index in [9.17, 15) is 14.4 Å². The van der Waals surface area contributed by atoms with Crippen molar-refractivity contribution in [3.05, 3.63) is 65.2 Å². The number of nitrogens with one attached hydrogen (secondary N) is 2. The van der Waals surface area contributed by atoms with Crippen molar-refractivity contribution in [2.45, 2.75) is 39.3 Å². The zero-order chi connectivity index (χ0) is 25.3. The van der Waals surface area contributed by atoms with Crippen LogP contribution in [0, 0.1) is 5.41 Å². The highest BCUT2D eigenvalue weighted by Crippen LogP contribution is 2.16. The van der Waals surface area contributed by atoms with Gasteiger partial charge in [0.2, 0.25) is 0 Å². The van der Waals surface area contributed by atoms with Gasteiger partial charge < -0.3 is 25.3 Å². The number of nitrogens with two attached hydrogens (primary N) is 1. The first-order valence-corrected chi connectivity index (χ1v) is 10.8. The third kappa shape index (κ3) is 9.76. The number of benzene rings is 2. The Balaban J connectivity index is 0.00000612. The number of nitrogen functional groups attached to an aromatic ring is 1. The topological polar surface area (TPSA) is 141 Å². The number of Topliss-reactive ketones (excluding diaryl/α,β-unsaturated/α-hetero) is 1. The average molecular weight is 506 g/mol. The van der Waals surface area contributed by atoms with E-state index >= 15 is 0 Å². The number of rotatable bonds is 11. The minimum absolute atomic E-state index is 0. The normalized spacial score (nSPS) is 11.5. The van der Waals surface area contributed by atoms with E-state index in [0.29, 0.717) is 22.4 Å². The minimum Gasteiger partial charge on any atom is -0.482 e. The fourth-order valence-corrected chi connectivity index (χ4v) is 2.82. The molecule has 0 aromatic heterocycles. The molecule has 0 radical (unpaired) electrons. The van der Waals surface area contributed by atoms with Crippen molar-refractivity contribution in [2.75, 3.05) is 19.8 Å². The number of ether oxygens (including phenoxy) is 3. The Morgan fingerprint density at radius 2 is 1.51 bits per heavy atom. The number of halogens is 1. The van der Waals surface area contributed by atoms with Crippen LogP contribution in [-0.4, -0.2) is 55.0 Å². The van der Waals surface area contributed by atoms with Gasteiger partial charge in [0.1, 0.15) is 17.6 Å². The third-order valence-corrected chi connectivity index (χ3v) is 4.56. The molecule has 1 amide bonds. The van der Waals surface area contributed by atoms with Gasteiger partial charge in [-0.1, -0.05) is 12.1 Å². The van der Waals surface area contributed by atoms with Crippen molar-refractivity contribution < 1.29 is 28.6 Å². The molecule has 4 N–H and O–H groups in total. The Morgan fingerprint density at radius 3 is 2.03 bits per heavy atom. The molecule has 0 aliphatic rings. The molecule has 0 aliphatic heterocycles. The van der Waals surface area contributed by atoms with Crippen molar-refractivity contribution >= 4 is 35.9 Å². The Labute approximate surface area is 211 Å². The average Bonchev–Trinajstić information content (AvgIpc) is 2.80. The van der Waals surface area contributed by atoms with Crippen molar-refractivity contribution in [2.24, 2.45) is 5.73 Å². The summed E-state index contributed by atoms with van der Waals surface area (Å²) in [5.41, 5.74) is 6.09. The van der Waals surface area contributed by atoms with E-state index < -0.39 is 23.5 Å². The number of amidine groups is 1. The van der Waals surface area contributed by atoms with Gasteiger partial charge in [-0.15, -0.1) is 12.4 Å². The molecule has 2 aromatic rings. The quantitative estimate of drug-likeness (QED) is 0.184. The smallest absolute Gasteiger partial charge is 0.344 e. The maximum Gasteiger partial charge on any atom is 0.344 e. The van der Waals surface area contributed by atoms with Crippen LogP contribution < -0.4 is 15.8 Å². The van der Waals surface area contributed by atoms with Crippen LogP contribution >= 0.6 is 12.4 Å². The number of amides is 1. The molecule has 10 heteroatoms. The maximum absolute atomic E-state index is 13.2. The summed E-state index contributed by atoms with van der Waals surface area (Å²) in [6.45, 7) is 7.27. The SMILES string of the molecule is CCOC(=O)COc1ccc(C(=O)C(COC(C)(C)C)NC(=O)c2ccc(C(=N)N)cc2)cc1.Cl. The standard InChI is InChI=1S/C25H31N3O6.ClH/c1-5-32-21(29)15-33-19-12-10-16(11-13-19)22(30)20(14-34-25(2,3)4)28-24(31)18-8-6-17(7-9-18)23(26)27;/h6-13,20H,5,14-15H2,1-4H3,(H3,26,27)(H,28,31);1H. The molecule has 0 saturated heterocycles. The Bertz CT molecular complexity index is 1020. The third-order valence-electron chi connectivity index (χ3n) is 4.56. The Morgan fingerprint density at radius 1 is 0.971 bits per heavy atom. The van der Waals surface area contributed by atoms with Crippen LogP contribution in [0.4, 0.5) is 0 Å². The molecule has 0 aliphatic carbocycles. The van der Waals surface area contributed by atoms with Gasteiger partial charge in [-0.2, -0.15) is 0 Å². The summed E-state index contributed by atoms with van der Waals surface area (Å²) in [4.78, 5) is 37.4. The summed E-state index contributed by atoms with van der Waals surface area (Å²) in [6, 6.07) is 11.5. The van der Waals surface area contributed by atoms with E-state index in [4.69, 9.17) is 25.4 Å². The van der Waals surface area contributed by atoms with Crippen LogP contribution in [0.1, 0.15) is 54.0 Å². The van der Waals surface area contributed by atoms with Crippen LogP contribution in [0.25, 0.3) is 0 Å². The van der Waals surface area contributed by atoms with Gasteiger partial charge in [-0.3, -0.25) is 15.0 Å². The van der Waals surface area contributed by atoms with E-state index in [0.717, 1.165) is 0 Å². The molecule has 1 unspecified atom stereocenters. The molecule has 0 heterocycles. The summed E-state index contributed by atoms with van der Waals surface area (Å²) >= 11 is 0. The lowest BCUT2D eigenvalue weighted by atomic mass is 10.0. The molecule has 9 nitrogen and oxygen atoms in total. The molecule has 190 valence electrons. The second kappa shape index (κ2) is 13.5. The highest BCUT2D eigenvalue weighted by molar-refractivity contribution is 6.05. The molecule has 1 atom stereocenters. The van der Waals surface area contributed by atoms with Crippen molar-refractivity contribution in [1.82, 2.24) is 5.32 Å². The molecule has 2 rings (SSSR count). The number of hydrogen-bond donors (Lipinski definition) is 3. The van der Waals surface area contributed by atoms with E-state index in [1.165, 1.54) is 12.1 Å². The fraction of sp³-hybridized carbons (Fsp3) is 0.360. The molecule has 2 aromatic carbocycles.